The maximum atomic E-state index is 12.1. The summed E-state index contributed by atoms with van der Waals surface area (Å²) in [6.45, 7) is 1.81. The van der Waals surface area contributed by atoms with E-state index in [9.17, 15) is 14.9 Å². The Balaban J connectivity index is 1.79. The molecule has 26 heavy (non-hydrogen) atoms. The Morgan fingerprint density at radius 2 is 2.15 bits per heavy atom. The third-order valence-corrected chi connectivity index (χ3v) is 3.34. The van der Waals surface area contributed by atoms with Gasteiger partial charge in [0.25, 0.3) is 5.69 Å². The van der Waals surface area contributed by atoms with E-state index in [2.05, 4.69) is 15.4 Å². The molecule has 132 valence electrons. The average Bonchev–Trinajstić information content (AvgIpc) is 3.00. The second-order valence-corrected chi connectivity index (χ2v) is 5.47. The van der Waals surface area contributed by atoms with Crippen molar-refractivity contribution in [2.45, 2.75) is 13.5 Å². The minimum absolute atomic E-state index is 0.00464. The largest absolute Gasteiger partial charge is 0.455 e. The van der Waals surface area contributed by atoms with Gasteiger partial charge in [0, 0.05) is 24.5 Å². The number of anilines is 1. The van der Waals surface area contributed by atoms with Gasteiger partial charge in [-0.15, -0.1) is 0 Å². The Hall–Kier alpha value is -3.75. The van der Waals surface area contributed by atoms with Crippen LogP contribution in [0.15, 0.2) is 55.0 Å². The van der Waals surface area contributed by atoms with Crippen molar-refractivity contribution in [3.8, 4) is 11.5 Å². The van der Waals surface area contributed by atoms with E-state index in [1.165, 1.54) is 29.1 Å². The van der Waals surface area contributed by atoms with Gasteiger partial charge in [-0.1, -0.05) is 0 Å². The Morgan fingerprint density at radius 3 is 2.81 bits per heavy atom. The second kappa shape index (κ2) is 7.43. The Kier molecular flexibility index (Phi) is 4.88. The second-order valence-electron chi connectivity index (χ2n) is 5.47. The van der Waals surface area contributed by atoms with E-state index in [0.29, 0.717) is 5.75 Å². The summed E-state index contributed by atoms with van der Waals surface area (Å²) in [6.07, 6.45) is 4.75. The van der Waals surface area contributed by atoms with Crippen LogP contribution in [0.1, 0.15) is 5.69 Å². The number of non-ortho nitro benzene ring substituents is 1. The van der Waals surface area contributed by atoms with Crippen LogP contribution < -0.4 is 10.1 Å². The zero-order chi connectivity index (χ0) is 18.5. The summed E-state index contributed by atoms with van der Waals surface area (Å²) in [5.74, 6) is 0.288. The number of benzene rings is 1. The van der Waals surface area contributed by atoms with E-state index < -0.39 is 4.92 Å². The number of nitrogens with one attached hydrogen (secondary N) is 1. The molecule has 3 rings (SSSR count). The highest BCUT2D eigenvalue weighted by atomic mass is 16.6. The maximum absolute atomic E-state index is 12.1. The number of nitro benzene ring substituents is 1. The number of nitro groups is 1. The summed E-state index contributed by atoms with van der Waals surface area (Å²) in [6, 6.07) is 9.18. The predicted molar refractivity (Wildman–Crippen MR) is 93.0 cm³/mol. The van der Waals surface area contributed by atoms with Crippen LogP contribution in [0, 0.1) is 17.0 Å². The van der Waals surface area contributed by atoms with Crippen LogP contribution in [0.25, 0.3) is 0 Å². The molecular weight excluding hydrogens is 338 g/mol. The van der Waals surface area contributed by atoms with Gasteiger partial charge in [-0.25, -0.2) is 0 Å². The van der Waals surface area contributed by atoms with Crippen LogP contribution in [-0.4, -0.2) is 25.6 Å². The van der Waals surface area contributed by atoms with Crippen molar-refractivity contribution in [3.63, 3.8) is 0 Å². The van der Waals surface area contributed by atoms with Gasteiger partial charge in [0.05, 0.1) is 28.6 Å². The lowest BCUT2D eigenvalue weighted by Crippen LogP contribution is -2.19. The van der Waals surface area contributed by atoms with Gasteiger partial charge in [-0.05, 0) is 25.1 Å². The van der Waals surface area contributed by atoms with Gasteiger partial charge in [-0.3, -0.25) is 24.6 Å². The standard InChI is InChI=1S/C17H15N5O4/c1-12-4-6-21(20-12)11-17(23)19-13-7-14(22(24)25)9-16(8-13)26-15-3-2-5-18-10-15/h2-10H,11H2,1H3,(H,19,23). The molecule has 3 aromatic rings. The molecule has 9 nitrogen and oxygen atoms in total. The molecule has 0 saturated carbocycles. The van der Waals surface area contributed by atoms with Crippen molar-refractivity contribution in [1.29, 1.82) is 0 Å². The lowest BCUT2D eigenvalue weighted by Gasteiger charge is -2.09. The fourth-order valence-corrected chi connectivity index (χ4v) is 2.26. The van der Waals surface area contributed by atoms with E-state index in [1.807, 2.05) is 6.92 Å². The molecule has 1 N–H and O–H groups in total. The number of carbonyl (C=O) groups is 1. The Labute approximate surface area is 148 Å². The molecular formula is C17H15N5O4. The highest BCUT2D eigenvalue weighted by Gasteiger charge is 2.13. The molecule has 2 aromatic heterocycles. The number of nitrogens with zero attached hydrogens (tertiary/aromatic N) is 4. The van der Waals surface area contributed by atoms with E-state index in [-0.39, 0.29) is 29.6 Å². The van der Waals surface area contributed by atoms with Gasteiger partial charge in [0.2, 0.25) is 5.91 Å². The van der Waals surface area contributed by atoms with Crippen LogP contribution in [0.4, 0.5) is 11.4 Å². The summed E-state index contributed by atoms with van der Waals surface area (Å²) in [5.41, 5.74) is 0.851. The fraction of sp³-hybridized carbons (Fsp3) is 0.118. The van der Waals surface area contributed by atoms with Gasteiger partial charge < -0.3 is 10.1 Å². The summed E-state index contributed by atoms with van der Waals surface area (Å²) >= 11 is 0. The molecule has 9 heteroatoms. The first kappa shape index (κ1) is 17.1. The van der Waals surface area contributed by atoms with E-state index in [1.54, 1.807) is 30.6 Å². The molecule has 1 amide bonds. The number of ether oxygens (including phenoxy) is 1. The van der Waals surface area contributed by atoms with Crippen molar-refractivity contribution in [2.75, 3.05) is 5.32 Å². The van der Waals surface area contributed by atoms with Gasteiger partial charge in [0.1, 0.15) is 18.0 Å². The number of carbonyl (C=O) groups excluding carboxylic acids is 1. The number of aryl methyl sites for hydroxylation is 1. The van der Waals surface area contributed by atoms with E-state index in [0.717, 1.165) is 5.69 Å². The van der Waals surface area contributed by atoms with Crippen molar-refractivity contribution < 1.29 is 14.5 Å². The molecule has 0 saturated heterocycles. The zero-order valence-electron chi connectivity index (χ0n) is 13.8. The smallest absolute Gasteiger partial charge is 0.275 e. The van der Waals surface area contributed by atoms with Crippen molar-refractivity contribution >= 4 is 17.3 Å². The lowest BCUT2D eigenvalue weighted by molar-refractivity contribution is -0.384. The number of amides is 1. The maximum Gasteiger partial charge on any atom is 0.275 e. The summed E-state index contributed by atoms with van der Waals surface area (Å²) < 4.78 is 7.06. The lowest BCUT2D eigenvalue weighted by atomic mass is 10.2. The third-order valence-electron chi connectivity index (χ3n) is 3.34. The van der Waals surface area contributed by atoms with E-state index >= 15 is 0 Å². The monoisotopic (exact) mass is 353 g/mol. The SMILES string of the molecule is Cc1ccn(CC(=O)Nc2cc(Oc3cccnc3)cc([N+](=O)[O-])c2)n1. The van der Waals surface area contributed by atoms with Crippen molar-refractivity contribution in [3.05, 3.63) is 70.8 Å². The van der Waals surface area contributed by atoms with Crippen LogP contribution in [-0.2, 0) is 11.3 Å². The van der Waals surface area contributed by atoms with Crippen LogP contribution in [0.3, 0.4) is 0 Å². The van der Waals surface area contributed by atoms with Crippen molar-refractivity contribution in [1.82, 2.24) is 14.8 Å². The number of hydrogen-bond acceptors (Lipinski definition) is 6. The Morgan fingerprint density at radius 1 is 1.31 bits per heavy atom. The molecule has 1 aromatic carbocycles. The molecule has 0 unspecified atom stereocenters. The minimum Gasteiger partial charge on any atom is -0.455 e. The third kappa shape index (κ3) is 4.41. The topological polar surface area (TPSA) is 112 Å². The Bertz CT molecular complexity index is 939. The summed E-state index contributed by atoms with van der Waals surface area (Å²) in [7, 11) is 0. The highest BCUT2D eigenvalue weighted by molar-refractivity contribution is 5.91. The highest BCUT2D eigenvalue weighted by Crippen LogP contribution is 2.29. The van der Waals surface area contributed by atoms with E-state index in [4.69, 9.17) is 4.74 Å². The zero-order valence-corrected chi connectivity index (χ0v) is 13.8. The molecule has 0 aliphatic carbocycles. The number of aromatic nitrogens is 3. The van der Waals surface area contributed by atoms with Crippen LogP contribution >= 0.6 is 0 Å². The average molecular weight is 353 g/mol. The summed E-state index contributed by atoms with van der Waals surface area (Å²) in [5, 5.41) is 17.9. The molecule has 0 atom stereocenters. The molecule has 0 fully saturated rings. The molecule has 0 bridgehead atoms. The first-order valence-electron chi connectivity index (χ1n) is 7.67. The normalized spacial score (nSPS) is 10.3. The predicted octanol–water partition coefficient (Wildman–Crippen LogP) is 2.93. The van der Waals surface area contributed by atoms with Crippen molar-refractivity contribution in [2.24, 2.45) is 0 Å². The molecule has 0 radical (unpaired) electrons. The van der Waals surface area contributed by atoms with Crippen LogP contribution in [0.2, 0.25) is 0 Å². The molecule has 0 aliphatic rings. The summed E-state index contributed by atoms with van der Waals surface area (Å²) in [4.78, 5) is 26.7. The molecule has 0 aliphatic heterocycles. The fourth-order valence-electron chi connectivity index (χ4n) is 2.26. The van der Waals surface area contributed by atoms with Gasteiger partial charge in [-0.2, -0.15) is 5.10 Å². The quantitative estimate of drug-likeness (QED) is 0.538. The molecule has 0 spiro atoms. The minimum atomic E-state index is -0.553. The molecule has 2 heterocycles. The van der Waals surface area contributed by atoms with Gasteiger partial charge in [0.15, 0.2) is 0 Å². The number of hydrogen-bond donors (Lipinski definition) is 1. The first-order valence-corrected chi connectivity index (χ1v) is 7.67. The van der Waals surface area contributed by atoms with Crippen LogP contribution in [0.5, 0.6) is 11.5 Å². The first-order chi connectivity index (χ1) is 12.5. The number of rotatable bonds is 6. The van der Waals surface area contributed by atoms with Gasteiger partial charge >= 0.3 is 0 Å². The number of pyridine rings is 1.